The van der Waals surface area contributed by atoms with E-state index in [1.807, 2.05) is 32.2 Å². The number of ether oxygens (including phenoxy) is 1. The van der Waals surface area contributed by atoms with Crippen LogP contribution in [-0.2, 0) is 14.4 Å². The van der Waals surface area contributed by atoms with Gasteiger partial charge < -0.3 is 15.0 Å². The van der Waals surface area contributed by atoms with Crippen molar-refractivity contribution in [3.8, 4) is 5.75 Å². The number of nitrogens with zero attached hydrogens (tertiary/aromatic N) is 2. The second kappa shape index (κ2) is 6.87. The summed E-state index contributed by atoms with van der Waals surface area (Å²) in [6.45, 7) is 2.62. The van der Waals surface area contributed by atoms with E-state index in [-0.39, 0.29) is 36.9 Å². The molecule has 2 heterocycles. The normalized spacial score (nSPS) is 26.7. The molecule has 27 heavy (non-hydrogen) atoms. The van der Waals surface area contributed by atoms with Crippen LogP contribution in [0.15, 0.2) is 18.2 Å². The van der Waals surface area contributed by atoms with Crippen LogP contribution >= 0.6 is 0 Å². The number of piperidine rings is 1. The zero-order valence-electron chi connectivity index (χ0n) is 15.7. The Hall–Kier alpha value is -2.57. The third-order valence-electron chi connectivity index (χ3n) is 6.12. The molecule has 1 saturated heterocycles. The number of likely N-dealkylation sites (N-methyl/N-ethyl adjacent to an activating group) is 1. The van der Waals surface area contributed by atoms with E-state index in [9.17, 15) is 14.4 Å². The highest BCUT2D eigenvalue weighted by molar-refractivity contribution is 6.02. The van der Waals surface area contributed by atoms with Crippen LogP contribution in [0.1, 0.15) is 24.8 Å². The predicted octanol–water partition coefficient (Wildman–Crippen LogP) is 1.09. The maximum Gasteiger partial charge on any atom is 0.265 e. The van der Waals surface area contributed by atoms with Gasteiger partial charge in [0, 0.05) is 26.1 Å². The summed E-state index contributed by atoms with van der Waals surface area (Å²) in [6.07, 6.45) is 2.31. The van der Waals surface area contributed by atoms with Crippen molar-refractivity contribution in [2.75, 3.05) is 31.6 Å². The summed E-state index contributed by atoms with van der Waals surface area (Å²) >= 11 is 0. The third kappa shape index (κ3) is 3.38. The Morgan fingerprint density at radius 1 is 1.30 bits per heavy atom. The molecule has 0 spiro atoms. The van der Waals surface area contributed by atoms with Crippen molar-refractivity contribution < 1.29 is 19.1 Å². The molecular weight excluding hydrogens is 346 g/mol. The Morgan fingerprint density at radius 2 is 2.07 bits per heavy atom. The van der Waals surface area contributed by atoms with Crippen molar-refractivity contribution in [2.45, 2.75) is 32.2 Å². The van der Waals surface area contributed by atoms with Gasteiger partial charge in [-0.1, -0.05) is 6.07 Å². The van der Waals surface area contributed by atoms with Crippen molar-refractivity contribution in [1.29, 1.82) is 0 Å². The predicted molar refractivity (Wildman–Crippen MR) is 99.4 cm³/mol. The number of benzene rings is 1. The number of carbonyl (C=O) groups is 3. The summed E-state index contributed by atoms with van der Waals surface area (Å²) in [7, 11) is 1.81. The average Bonchev–Trinajstić information content (AvgIpc) is 3.06. The molecular formula is C20H25N3O4. The highest BCUT2D eigenvalue weighted by atomic mass is 16.5. The fourth-order valence-corrected chi connectivity index (χ4v) is 4.49. The number of amides is 3. The number of carbonyl (C=O) groups excluding carboxylic acids is 3. The number of aryl methyl sites for hydroxylation is 1. The molecule has 4 rings (SSSR count). The molecule has 0 aromatic heterocycles. The van der Waals surface area contributed by atoms with E-state index < -0.39 is 0 Å². The van der Waals surface area contributed by atoms with Gasteiger partial charge in [0.25, 0.3) is 5.91 Å². The van der Waals surface area contributed by atoms with Gasteiger partial charge in [0.15, 0.2) is 6.61 Å². The first-order chi connectivity index (χ1) is 12.9. The van der Waals surface area contributed by atoms with Gasteiger partial charge in [-0.15, -0.1) is 0 Å². The topological polar surface area (TPSA) is 79.0 Å². The van der Waals surface area contributed by atoms with E-state index in [1.165, 1.54) is 4.90 Å². The maximum absolute atomic E-state index is 12.9. The number of hydrogen-bond acceptors (Lipinski definition) is 4. The van der Waals surface area contributed by atoms with E-state index in [4.69, 9.17) is 4.74 Å². The Labute approximate surface area is 158 Å². The first-order valence-corrected chi connectivity index (χ1v) is 9.48. The van der Waals surface area contributed by atoms with Crippen molar-refractivity contribution in [1.82, 2.24) is 10.2 Å². The molecule has 0 unspecified atom stereocenters. The Kier molecular flexibility index (Phi) is 4.53. The van der Waals surface area contributed by atoms with Crippen LogP contribution < -0.4 is 15.0 Å². The molecule has 7 nitrogen and oxygen atoms in total. The first kappa shape index (κ1) is 17.8. The lowest BCUT2D eigenvalue weighted by atomic mass is 9.89. The van der Waals surface area contributed by atoms with Gasteiger partial charge in [-0.2, -0.15) is 0 Å². The standard InChI is InChI=1S/C20H25N3O4/c1-12-3-4-17-16(5-12)23(20(26)11-27-17)10-19(25)22(2)15-6-13-8-18(24)21-9-14(13)7-15/h3-5,13-15H,6-11H2,1-2H3,(H,21,24)/t13-,14+,15-/m0/s1. The minimum absolute atomic E-state index is 0.0121. The maximum atomic E-state index is 12.9. The molecule has 144 valence electrons. The van der Waals surface area contributed by atoms with Crippen molar-refractivity contribution in [3.05, 3.63) is 23.8 Å². The molecule has 7 heteroatoms. The smallest absolute Gasteiger partial charge is 0.265 e. The molecule has 1 N–H and O–H groups in total. The SMILES string of the molecule is Cc1ccc2c(c1)N(CC(=O)N(C)[C@H]1C[C@H]3CC(=O)NC[C@H]3C1)C(=O)CO2. The Bertz CT molecular complexity index is 793. The van der Waals surface area contributed by atoms with Gasteiger partial charge in [0.05, 0.1) is 5.69 Å². The van der Waals surface area contributed by atoms with E-state index >= 15 is 0 Å². The lowest BCUT2D eigenvalue weighted by molar-refractivity contribution is -0.132. The molecule has 2 fully saturated rings. The zero-order valence-corrected chi connectivity index (χ0v) is 15.7. The van der Waals surface area contributed by atoms with Crippen LogP contribution in [0, 0.1) is 18.8 Å². The second-order valence-electron chi connectivity index (χ2n) is 7.90. The molecule has 1 aromatic rings. The summed E-state index contributed by atoms with van der Waals surface area (Å²) in [5, 5.41) is 2.92. The van der Waals surface area contributed by atoms with E-state index in [0.29, 0.717) is 36.2 Å². The molecule has 1 aliphatic carbocycles. The number of rotatable bonds is 3. The van der Waals surface area contributed by atoms with Gasteiger partial charge in [0.2, 0.25) is 11.8 Å². The molecule has 3 atom stereocenters. The minimum atomic E-state index is -0.204. The average molecular weight is 371 g/mol. The summed E-state index contributed by atoms with van der Waals surface area (Å²) < 4.78 is 5.48. The van der Waals surface area contributed by atoms with Crippen molar-refractivity contribution in [3.63, 3.8) is 0 Å². The second-order valence-corrected chi connectivity index (χ2v) is 7.90. The van der Waals surface area contributed by atoms with Crippen molar-refractivity contribution in [2.24, 2.45) is 11.8 Å². The lowest BCUT2D eigenvalue weighted by Crippen LogP contribution is -2.47. The van der Waals surface area contributed by atoms with Crippen LogP contribution in [-0.4, -0.2) is 55.4 Å². The lowest BCUT2D eigenvalue weighted by Gasteiger charge is -2.32. The van der Waals surface area contributed by atoms with Crippen LogP contribution in [0.25, 0.3) is 0 Å². The van der Waals surface area contributed by atoms with Crippen LogP contribution in [0.3, 0.4) is 0 Å². The molecule has 1 aromatic carbocycles. The molecule has 3 amide bonds. The molecule has 1 saturated carbocycles. The number of fused-ring (bicyclic) bond motifs is 2. The van der Waals surface area contributed by atoms with E-state index in [1.54, 1.807) is 4.90 Å². The zero-order chi connectivity index (χ0) is 19.1. The monoisotopic (exact) mass is 371 g/mol. The summed E-state index contributed by atoms with van der Waals surface area (Å²) in [6, 6.07) is 5.76. The molecule has 3 aliphatic rings. The number of anilines is 1. The van der Waals surface area contributed by atoms with Crippen LogP contribution in [0.4, 0.5) is 5.69 Å². The van der Waals surface area contributed by atoms with E-state index in [0.717, 1.165) is 18.4 Å². The van der Waals surface area contributed by atoms with E-state index in [2.05, 4.69) is 5.32 Å². The largest absolute Gasteiger partial charge is 0.482 e. The van der Waals surface area contributed by atoms with Gasteiger partial charge in [-0.05, 0) is 49.3 Å². The van der Waals surface area contributed by atoms with Gasteiger partial charge in [-0.3, -0.25) is 19.3 Å². The summed E-state index contributed by atoms with van der Waals surface area (Å²) in [5.74, 6) is 1.25. The van der Waals surface area contributed by atoms with Gasteiger partial charge in [0.1, 0.15) is 12.3 Å². The third-order valence-corrected chi connectivity index (χ3v) is 6.12. The van der Waals surface area contributed by atoms with Gasteiger partial charge in [-0.25, -0.2) is 0 Å². The highest BCUT2D eigenvalue weighted by Crippen LogP contribution is 2.38. The fraction of sp³-hybridized carbons (Fsp3) is 0.550. The van der Waals surface area contributed by atoms with Crippen LogP contribution in [0.5, 0.6) is 5.75 Å². The first-order valence-electron chi connectivity index (χ1n) is 9.48. The minimum Gasteiger partial charge on any atom is -0.482 e. The highest BCUT2D eigenvalue weighted by Gasteiger charge is 2.41. The van der Waals surface area contributed by atoms with Crippen molar-refractivity contribution >= 4 is 23.4 Å². The van der Waals surface area contributed by atoms with Crippen LogP contribution in [0.2, 0.25) is 0 Å². The summed E-state index contributed by atoms with van der Waals surface area (Å²) in [5.41, 5.74) is 1.66. The van der Waals surface area contributed by atoms with Gasteiger partial charge >= 0.3 is 0 Å². The molecule has 0 bridgehead atoms. The molecule has 0 radical (unpaired) electrons. The molecule has 2 aliphatic heterocycles. The fourth-order valence-electron chi connectivity index (χ4n) is 4.49. The quantitative estimate of drug-likeness (QED) is 0.863. The number of nitrogens with one attached hydrogen (secondary N) is 1. The Morgan fingerprint density at radius 3 is 2.89 bits per heavy atom. The number of hydrogen-bond donors (Lipinski definition) is 1. The Balaban J connectivity index is 1.45. The summed E-state index contributed by atoms with van der Waals surface area (Å²) in [4.78, 5) is 40.2.